The lowest BCUT2D eigenvalue weighted by atomic mass is 10.00. The Balaban J connectivity index is 1.23. The molecule has 0 radical (unpaired) electrons. The molecular formula is C23H30N4O. The van der Waals surface area contributed by atoms with E-state index in [0.29, 0.717) is 12.6 Å². The molecule has 0 spiro atoms. The average Bonchev–Trinajstić information content (AvgIpc) is 2.93. The van der Waals surface area contributed by atoms with E-state index in [1.165, 1.54) is 16.7 Å². The Bertz CT molecular complexity index is 779. The number of nitrogens with zero attached hydrogens (tertiary/aromatic N) is 3. The molecule has 1 aromatic heterocycles. The summed E-state index contributed by atoms with van der Waals surface area (Å²) in [6.45, 7) is 5.41. The quantitative estimate of drug-likeness (QED) is 0.869. The maximum Gasteiger partial charge on any atom is 0.234 e. The number of pyridine rings is 1. The van der Waals surface area contributed by atoms with Crippen molar-refractivity contribution < 1.29 is 4.79 Å². The number of hydrogen-bond acceptors (Lipinski definition) is 4. The van der Waals surface area contributed by atoms with Crippen LogP contribution in [0.5, 0.6) is 0 Å². The highest BCUT2D eigenvalue weighted by Crippen LogP contribution is 2.18. The van der Waals surface area contributed by atoms with Crippen molar-refractivity contribution in [2.75, 3.05) is 26.2 Å². The second-order valence-electron chi connectivity index (χ2n) is 8.06. The lowest BCUT2D eigenvalue weighted by Crippen LogP contribution is -2.43. The van der Waals surface area contributed by atoms with E-state index in [9.17, 15) is 4.79 Å². The fourth-order valence-electron chi connectivity index (χ4n) is 4.37. The molecule has 5 heteroatoms. The van der Waals surface area contributed by atoms with Crippen LogP contribution in [-0.4, -0.2) is 52.9 Å². The molecule has 0 aliphatic carbocycles. The van der Waals surface area contributed by atoms with E-state index in [0.717, 1.165) is 58.4 Å². The molecule has 1 N–H and O–H groups in total. The third-order valence-corrected chi connectivity index (χ3v) is 5.89. The van der Waals surface area contributed by atoms with Crippen LogP contribution in [0, 0.1) is 0 Å². The molecule has 1 amide bonds. The largest absolute Gasteiger partial charge is 0.352 e. The molecule has 148 valence electrons. The molecule has 2 aliphatic rings. The number of carbonyl (C=O) groups excluding carboxylic acids is 1. The number of amides is 1. The molecule has 1 aromatic carbocycles. The van der Waals surface area contributed by atoms with Gasteiger partial charge in [-0.1, -0.05) is 30.3 Å². The third kappa shape index (κ3) is 5.18. The maximum absolute atomic E-state index is 12.6. The van der Waals surface area contributed by atoms with Gasteiger partial charge in [0.25, 0.3) is 0 Å². The molecule has 0 bridgehead atoms. The van der Waals surface area contributed by atoms with Crippen molar-refractivity contribution in [2.45, 2.75) is 44.8 Å². The van der Waals surface area contributed by atoms with Gasteiger partial charge in [0, 0.05) is 44.6 Å². The summed E-state index contributed by atoms with van der Waals surface area (Å²) in [4.78, 5) is 21.6. The molecule has 1 fully saturated rings. The van der Waals surface area contributed by atoms with Crippen molar-refractivity contribution in [3.05, 3.63) is 65.5 Å². The van der Waals surface area contributed by atoms with Gasteiger partial charge in [-0.05, 0) is 55.0 Å². The number of likely N-dealkylation sites (tertiary alicyclic amines) is 1. The Hall–Kier alpha value is -2.24. The first-order valence-corrected chi connectivity index (χ1v) is 10.5. The lowest BCUT2D eigenvalue weighted by Gasteiger charge is -2.28. The van der Waals surface area contributed by atoms with Gasteiger partial charge in [0.1, 0.15) is 0 Å². The fraction of sp³-hybridized carbons (Fsp3) is 0.478. The number of nitrogens with one attached hydrogen (secondary N) is 1. The van der Waals surface area contributed by atoms with Gasteiger partial charge in [-0.25, -0.2) is 0 Å². The summed E-state index contributed by atoms with van der Waals surface area (Å²) in [6.07, 6.45) is 8.02. The minimum absolute atomic E-state index is 0.171. The zero-order valence-corrected chi connectivity index (χ0v) is 16.5. The fourth-order valence-corrected chi connectivity index (χ4v) is 4.37. The maximum atomic E-state index is 12.6. The molecule has 28 heavy (non-hydrogen) atoms. The van der Waals surface area contributed by atoms with Gasteiger partial charge in [-0.15, -0.1) is 0 Å². The van der Waals surface area contributed by atoms with Crippen LogP contribution in [0.3, 0.4) is 0 Å². The highest BCUT2D eigenvalue weighted by Gasteiger charge is 2.22. The van der Waals surface area contributed by atoms with Crippen LogP contribution in [0.4, 0.5) is 0 Å². The minimum atomic E-state index is 0.171. The zero-order valence-electron chi connectivity index (χ0n) is 16.5. The summed E-state index contributed by atoms with van der Waals surface area (Å²) < 4.78 is 0. The van der Waals surface area contributed by atoms with Crippen LogP contribution in [0.25, 0.3) is 0 Å². The van der Waals surface area contributed by atoms with Crippen LogP contribution in [-0.2, 0) is 24.3 Å². The summed E-state index contributed by atoms with van der Waals surface area (Å²) >= 11 is 0. The van der Waals surface area contributed by atoms with Gasteiger partial charge in [0.15, 0.2) is 0 Å². The first-order valence-electron chi connectivity index (χ1n) is 10.5. The van der Waals surface area contributed by atoms with Crippen LogP contribution in [0.1, 0.15) is 36.0 Å². The molecule has 1 saturated heterocycles. The van der Waals surface area contributed by atoms with E-state index in [2.05, 4.69) is 50.4 Å². The van der Waals surface area contributed by atoms with Crippen LogP contribution in [0.15, 0.2) is 48.8 Å². The highest BCUT2D eigenvalue weighted by atomic mass is 16.2. The Labute approximate surface area is 167 Å². The highest BCUT2D eigenvalue weighted by molar-refractivity contribution is 5.78. The van der Waals surface area contributed by atoms with Gasteiger partial charge in [0.05, 0.1) is 6.54 Å². The topological polar surface area (TPSA) is 48.5 Å². The number of hydrogen-bond donors (Lipinski definition) is 1. The number of fused-ring (bicyclic) bond motifs is 1. The summed E-state index contributed by atoms with van der Waals surface area (Å²) in [5.74, 6) is 0.171. The smallest absolute Gasteiger partial charge is 0.234 e. The van der Waals surface area contributed by atoms with Crippen molar-refractivity contribution >= 4 is 5.91 Å². The lowest BCUT2D eigenvalue weighted by molar-refractivity contribution is -0.123. The second-order valence-corrected chi connectivity index (χ2v) is 8.06. The molecule has 2 aliphatic heterocycles. The number of rotatable bonds is 5. The van der Waals surface area contributed by atoms with E-state index < -0.39 is 0 Å². The van der Waals surface area contributed by atoms with Gasteiger partial charge < -0.3 is 5.32 Å². The molecule has 4 rings (SSSR count). The number of benzene rings is 1. The Morgan fingerprint density at radius 1 is 1.04 bits per heavy atom. The van der Waals surface area contributed by atoms with E-state index in [-0.39, 0.29) is 5.91 Å². The Kier molecular flexibility index (Phi) is 6.34. The molecule has 5 nitrogen and oxygen atoms in total. The second kappa shape index (κ2) is 9.30. The van der Waals surface area contributed by atoms with Gasteiger partial charge in [-0.3, -0.25) is 19.6 Å². The van der Waals surface area contributed by atoms with Crippen LogP contribution in [0.2, 0.25) is 0 Å². The monoisotopic (exact) mass is 378 g/mol. The molecule has 3 heterocycles. The molecule has 0 saturated carbocycles. The van der Waals surface area contributed by atoms with Gasteiger partial charge >= 0.3 is 0 Å². The summed E-state index contributed by atoms with van der Waals surface area (Å²) in [5, 5.41) is 3.29. The van der Waals surface area contributed by atoms with Crippen molar-refractivity contribution in [3.63, 3.8) is 0 Å². The average molecular weight is 379 g/mol. The number of carbonyl (C=O) groups is 1. The van der Waals surface area contributed by atoms with Crippen LogP contribution >= 0.6 is 0 Å². The molecule has 1 atom stereocenters. The van der Waals surface area contributed by atoms with Crippen molar-refractivity contribution in [2.24, 2.45) is 0 Å². The zero-order chi connectivity index (χ0) is 19.2. The standard InChI is InChI=1S/C23H30N4O/c28-23(18-27-13-9-20-6-1-2-7-21(20)17-27)25-22-8-4-12-26(14-10-22)16-19-5-3-11-24-15-19/h1-3,5-7,11,15,22H,4,8-10,12-14,16-18H2,(H,25,28)/t22-/m0/s1. The van der Waals surface area contributed by atoms with Crippen molar-refractivity contribution in [3.8, 4) is 0 Å². The molecule has 0 unspecified atom stereocenters. The van der Waals surface area contributed by atoms with Crippen LogP contribution < -0.4 is 5.32 Å². The summed E-state index contributed by atoms with van der Waals surface area (Å²) in [6, 6.07) is 13.0. The van der Waals surface area contributed by atoms with E-state index in [1.54, 1.807) is 0 Å². The SMILES string of the molecule is O=C(CN1CCc2ccccc2C1)N[C@H]1CCCN(Cc2cccnc2)CC1. The minimum Gasteiger partial charge on any atom is -0.352 e. The normalized spacial score (nSPS) is 20.9. The predicted molar refractivity (Wildman–Crippen MR) is 111 cm³/mol. The van der Waals surface area contributed by atoms with Crippen molar-refractivity contribution in [1.29, 1.82) is 0 Å². The Morgan fingerprint density at radius 3 is 2.79 bits per heavy atom. The Morgan fingerprint density at radius 2 is 1.93 bits per heavy atom. The summed E-state index contributed by atoms with van der Waals surface area (Å²) in [7, 11) is 0. The number of aromatic nitrogens is 1. The first kappa shape index (κ1) is 19.1. The molecule has 2 aromatic rings. The van der Waals surface area contributed by atoms with Crippen molar-refractivity contribution in [1.82, 2.24) is 20.1 Å². The predicted octanol–water partition coefficient (Wildman–Crippen LogP) is 2.61. The van der Waals surface area contributed by atoms with Gasteiger partial charge in [-0.2, -0.15) is 0 Å². The van der Waals surface area contributed by atoms with E-state index >= 15 is 0 Å². The third-order valence-electron chi connectivity index (χ3n) is 5.89. The molecular weight excluding hydrogens is 348 g/mol. The summed E-state index contributed by atoms with van der Waals surface area (Å²) in [5.41, 5.74) is 4.05. The van der Waals surface area contributed by atoms with Gasteiger partial charge in [0.2, 0.25) is 5.91 Å². The van der Waals surface area contributed by atoms with E-state index in [4.69, 9.17) is 0 Å². The van der Waals surface area contributed by atoms with E-state index in [1.807, 2.05) is 18.5 Å². The first-order chi connectivity index (χ1) is 13.8.